The first-order valence-electron chi connectivity index (χ1n) is 24.7. The van der Waals surface area contributed by atoms with Gasteiger partial charge in [-0.1, -0.05) is 200 Å². The van der Waals surface area contributed by atoms with Gasteiger partial charge in [0.25, 0.3) is 0 Å². The third kappa shape index (κ3) is 5.56. The Morgan fingerprint density at radius 2 is 0.889 bits per heavy atom. The second kappa shape index (κ2) is 15.5. The van der Waals surface area contributed by atoms with Crippen LogP contribution in [0.3, 0.4) is 0 Å². The van der Waals surface area contributed by atoms with Gasteiger partial charge < -0.3 is 18.6 Å². The third-order valence-corrected chi connectivity index (χ3v) is 18.7. The van der Waals surface area contributed by atoms with Crippen LogP contribution in [-0.2, 0) is 9.98 Å². The molecule has 338 valence electrons. The lowest BCUT2D eigenvalue weighted by molar-refractivity contribution is 0.590. The van der Waals surface area contributed by atoms with Gasteiger partial charge in [-0.15, -0.1) is 0 Å². The van der Waals surface area contributed by atoms with Gasteiger partial charge in [0.1, 0.15) is 0 Å². The van der Waals surface area contributed by atoms with E-state index in [2.05, 4.69) is 263 Å². The van der Waals surface area contributed by atoms with Gasteiger partial charge in [-0.25, -0.2) is 0 Å². The van der Waals surface area contributed by atoms with E-state index in [1.807, 2.05) is 18.2 Å². The number of para-hydroxylation sites is 5. The fourth-order valence-corrected chi connectivity index (χ4v) is 15.8. The molecular formula is C67H44N3OP. The van der Waals surface area contributed by atoms with E-state index in [0.717, 1.165) is 66.5 Å². The van der Waals surface area contributed by atoms with E-state index in [4.69, 9.17) is 0 Å². The molecule has 1 spiro atoms. The van der Waals surface area contributed by atoms with Gasteiger partial charge in [-0.2, -0.15) is 0 Å². The predicted molar refractivity (Wildman–Crippen MR) is 300 cm³/mol. The van der Waals surface area contributed by atoms with Crippen LogP contribution in [0, 0.1) is 0 Å². The smallest absolute Gasteiger partial charge is 0.171 e. The lowest BCUT2D eigenvalue weighted by Gasteiger charge is -2.47. The van der Waals surface area contributed by atoms with Crippen LogP contribution in [0.5, 0.6) is 0 Å². The van der Waals surface area contributed by atoms with Crippen molar-refractivity contribution >= 4 is 83.7 Å². The molecule has 0 bridgehead atoms. The molecule has 4 nitrogen and oxygen atoms in total. The highest BCUT2D eigenvalue weighted by Crippen LogP contribution is 2.61. The number of anilines is 3. The van der Waals surface area contributed by atoms with Crippen molar-refractivity contribution in [1.82, 2.24) is 9.13 Å². The minimum absolute atomic E-state index is 0.804. The molecule has 2 aliphatic heterocycles. The van der Waals surface area contributed by atoms with Gasteiger partial charge in [0.05, 0.1) is 33.2 Å². The second-order valence-electron chi connectivity index (χ2n) is 19.1. The van der Waals surface area contributed by atoms with Crippen LogP contribution in [-0.4, -0.2) is 9.13 Å². The minimum atomic E-state index is -3.56. The Morgan fingerprint density at radius 3 is 1.67 bits per heavy atom. The summed E-state index contributed by atoms with van der Waals surface area (Å²) < 4.78 is 22.1. The molecule has 0 aliphatic carbocycles. The van der Waals surface area contributed by atoms with E-state index >= 15 is 4.57 Å². The summed E-state index contributed by atoms with van der Waals surface area (Å²) in [5.41, 5.74) is 15.8. The van der Waals surface area contributed by atoms with Crippen molar-refractivity contribution in [2.45, 2.75) is 5.41 Å². The van der Waals surface area contributed by atoms with Crippen molar-refractivity contribution in [3.05, 3.63) is 289 Å². The molecule has 0 saturated heterocycles. The molecule has 13 aromatic rings. The highest BCUT2D eigenvalue weighted by Gasteiger charge is 2.54. The molecule has 11 aromatic carbocycles. The van der Waals surface area contributed by atoms with Gasteiger partial charge >= 0.3 is 0 Å². The summed E-state index contributed by atoms with van der Waals surface area (Å²) in [7, 11) is -3.56. The normalized spacial score (nSPS) is 16.5. The zero-order valence-corrected chi connectivity index (χ0v) is 40.0. The Kier molecular flexibility index (Phi) is 8.82. The minimum Gasteiger partial charge on any atom is -0.310 e. The fourth-order valence-electron chi connectivity index (χ4n) is 12.6. The molecule has 4 heterocycles. The Morgan fingerprint density at radius 1 is 0.347 bits per heavy atom. The monoisotopic (exact) mass is 937 g/mol. The average Bonchev–Trinajstić information content (AvgIpc) is 3.97. The number of benzene rings is 11. The Labute approximate surface area is 417 Å². The van der Waals surface area contributed by atoms with Crippen LogP contribution in [0.25, 0.3) is 66.1 Å². The average molecular weight is 938 g/mol. The maximum atomic E-state index is 17.3. The number of fused-ring (bicyclic) bond motifs is 14. The molecule has 0 N–H and O–H groups in total. The molecule has 0 saturated carbocycles. The largest absolute Gasteiger partial charge is 0.310 e. The zero-order chi connectivity index (χ0) is 47.5. The molecule has 2 atom stereocenters. The lowest BCUT2D eigenvalue weighted by atomic mass is 9.62. The molecule has 2 aromatic heterocycles. The first-order valence-corrected chi connectivity index (χ1v) is 26.4. The number of aromatic nitrogens is 2. The fraction of sp³-hybridized carbons (Fsp3) is 0.0149. The molecule has 15 rings (SSSR count). The highest BCUT2D eigenvalue weighted by molar-refractivity contribution is 7.85. The van der Waals surface area contributed by atoms with Crippen LogP contribution in [0.15, 0.2) is 267 Å². The Hall–Kier alpha value is -8.95. The van der Waals surface area contributed by atoms with Crippen molar-refractivity contribution in [3.63, 3.8) is 0 Å². The van der Waals surface area contributed by atoms with Crippen molar-refractivity contribution in [3.8, 4) is 22.5 Å². The quantitative estimate of drug-likeness (QED) is 0.156. The lowest BCUT2D eigenvalue weighted by Crippen LogP contribution is -2.48. The van der Waals surface area contributed by atoms with Gasteiger partial charge in [-0.3, -0.25) is 0 Å². The summed E-state index contributed by atoms with van der Waals surface area (Å²) >= 11 is 0. The van der Waals surface area contributed by atoms with E-state index in [-0.39, 0.29) is 0 Å². The van der Waals surface area contributed by atoms with Gasteiger partial charge in [-0.05, 0) is 100 Å². The van der Waals surface area contributed by atoms with E-state index in [1.165, 1.54) is 54.8 Å². The summed E-state index contributed by atoms with van der Waals surface area (Å²) in [6, 6.07) is 95.7. The molecule has 5 heteroatoms. The standard InChI is InChI=1S/C67H44N3OP/c71-72(51-23-8-3-9-24-51)64-34-17-13-29-57(64)67(56-28-12-16-33-62(56)70-61-32-15-11-26-53(61)55-27-18-30-59(67)66(55)70)58-42-40-50(44-65(58)72)68(47-21-6-2-7-22-47)49-39-41-54-52-25-10-14-31-60(52)69(63(54)43-49)48-37-35-46(36-38-48)45-19-4-1-5-20-45/h1-44H. The topological polar surface area (TPSA) is 30.2 Å². The highest BCUT2D eigenvalue weighted by atomic mass is 31.2. The summed E-state index contributed by atoms with van der Waals surface area (Å²) in [6.45, 7) is 0. The Balaban J connectivity index is 1.01. The number of nitrogens with zero attached hydrogens (tertiary/aromatic N) is 3. The van der Waals surface area contributed by atoms with E-state index in [0.29, 0.717) is 0 Å². The summed E-state index contributed by atoms with van der Waals surface area (Å²) in [6.07, 6.45) is 0. The molecule has 2 unspecified atom stereocenters. The van der Waals surface area contributed by atoms with Crippen molar-refractivity contribution in [2.75, 3.05) is 4.90 Å². The van der Waals surface area contributed by atoms with Gasteiger partial charge in [0.15, 0.2) is 7.14 Å². The molecule has 0 amide bonds. The number of rotatable bonds is 6. The summed E-state index contributed by atoms with van der Waals surface area (Å²) in [5, 5.41) is 7.32. The zero-order valence-electron chi connectivity index (χ0n) is 39.1. The van der Waals surface area contributed by atoms with Crippen LogP contribution in [0.1, 0.15) is 22.3 Å². The number of hydrogen-bond acceptors (Lipinski definition) is 2. The predicted octanol–water partition coefficient (Wildman–Crippen LogP) is 15.7. The molecule has 72 heavy (non-hydrogen) atoms. The first kappa shape index (κ1) is 40.9. The Bertz CT molecular complexity index is 4370. The van der Waals surface area contributed by atoms with Crippen LogP contribution in [0.2, 0.25) is 0 Å². The van der Waals surface area contributed by atoms with E-state index in [9.17, 15) is 0 Å². The van der Waals surface area contributed by atoms with Crippen molar-refractivity contribution in [2.24, 2.45) is 0 Å². The van der Waals surface area contributed by atoms with Gasteiger partial charge in [0, 0.05) is 60.2 Å². The summed E-state index contributed by atoms with van der Waals surface area (Å²) in [5.74, 6) is 0. The maximum Gasteiger partial charge on any atom is 0.171 e. The maximum absolute atomic E-state index is 17.3. The van der Waals surface area contributed by atoms with E-state index < -0.39 is 12.6 Å². The van der Waals surface area contributed by atoms with Crippen molar-refractivity contribution in [1.29, 1.82) is 0 Å². The van der Waals surface area contributed by atoms with E-state index in [1.54, 1.807) is 0 Å². The number of hydrogen-bond donors (Lipinski definition) is 0. The van der Waals surface area contributed by atoms with Gasteiger partial charge in [0.2, 0.25) is 0 Å². The molecule has 2 aliphatic rings. The molecule has 0 radical (unpaired) electrons. The SMILES string of the molecule is O=P1(c2ccccc2)c2ccccc2C2(c3ccccc3-n3c4ccccc4c4cccc2c43)c2ccc(N(c3ccccc3)c3ccc4c5ccccc5n(-c5ccc(-c6ccccc6)cc5)c4c3)cc21. The summed E-state index contributed by atoms with van der Waals surface area (Å²) in [4.78, 5) is 2.34. The first-order chi connectivity index (χ1) is 35.6. The van der Waals surface area contributed by atoms with Crippen molar-refractivity contribution < 1.29 is 4.57 Å². The van der Waals surface area contributed by atoms with Crippen LogP contribution in [0.4, 0.5) is 17.1 Å². The molecule has 0 fully saturated rings. The molecular weight excluding hydrogens is 894 g/mol. The third-order valence-electron chi connectivity index (χ3n) is 15.6. The van der Waals surface area contributed by atoms with Crippen LogP contribution < -0.4 is 20.8 Å². The van der Waals surface area contributed by atoms with Crippen LogP contribution >= 0.6 is 7.14 Å². The second-order valence-corrected chi connectivity index (χ2v) is 21.8.